The van der Waals surface area contributed by atoms with Crippen LogP contribution in [0.25, 0.3) is 0 Å². The summed E-state index contributed by atoms with van der Waals surface area (Å²) in [5.41, 5.74) is 3.25. The molecule has 0 radical (unpaired) electrons. The van der Waals surface area contributed by atoms with E-state index in [2.05, 4.69) is 0 Å². The molecule has 0 atom stereocenters. The van der Waals surface area contributed by atoms with Gasteiger partial charge in [0.25, 0.3) is 0 Å². The van der Waals surface area contributed by atoms with E-state index in [-0.39, 0.29) is 0 Å². The van der Waals surface area contributed by atoms with Gasteiger partial charge in [-0.05, 0) is 24.9 Å². The highest BCUT2D eigenvalue weighted by atomic mass is 35.5. The summed E-state index contributed by atoms with van der Waals surface area (Å²) in [5.74, 6) is 0. The Morgan fingerprint density at radius 3 is 2.38 bits per heavy atom. The monoisotopic (exact) mass is 218 g/mol. The molecule has 0 aromatic heterocycles. The van der Waals surface area contributed by atoms with Crippen LogP contribution in [0.5, 0.6) is 0 Å². The second kappa shape index (κ2) is 4.34. The molecular formula is C9H10BCl2F. The lowest BCUT2D eigenvalue weighted by Crippen LogP contribution is -2.20. The van der Waals surface area contributed by atoms with Gasteiger partial charge in [0.15, 0.2) is 0 Å². The van der Waals surface area contributed by atoms with Gasteiger partial charge in [-0.2, -0.15) is 0 Å². The second-order valence-corrected chi connectivity index (χ2v) is 4.18. The average Bonchev–Trinajstić information content (AvgIpc) is 2.02. The van der Waals surface area contributed by atoms with Crippen LogP contribution in [0.15, 0.2) is 12.1 Å². The van der Waals surface area contributed by atoms with Gasteiger partial charge in [0.1, 0.15) is 4.84 Å². The molecular weight excluding hydrogens is 209 g/mol. The fourth-order valence-electron chi connectivity index (χ4n) is 1.41. The molecule has 0 amide bonds. The summed E-state index contributed by atoms with van der Waals surface area (Å²) in [6, 6.07) is 3.75. The highest BCUT2D eigenvalue weighted by Gasteiger charge is 2.13. The van der Waals surface area contributed by atoms with E-state index in [0.717, 1.165) is 11.1 Å². The molecule has 1 aromatic carbocycles. The van der Waals surface area contributed by atoms with Crippen LogP contribution < -0.4 is 5.46 Å². The lowest BCUT2D eigenvalue weighted by Gasteiger charge is -2.11. The molecule has 0 spiro atoms. The summed E-state index contributed by atoms with van der Waals surface area (Å²) >= 11 is 11.5. The van der Waals surface area contributed by atoms with Crippen molar-refractivity contribution in [3.05, 3.63) is 28.8 Å². The molecule has 1 rings (SSSR count). The number of hydrogen-bond acceptors (Lipinski definition) is 0. The Morgan fingerprint density at radius 1 is 1.31 bits per heavy atom. The number of hydrogen-bond donors (Lipinski definition) is 0. The van der Waals surface area contributed by atoms with Crippen LogP contribution in [0.3, 0.4) is 0 Å². The molecule has 1 aromatic rings. The zero-order chi connectivity index (χ0) is 10.0. The molecule has 0 heterocycles. The predicted octanol–water partition coefficient (Wildman–Crippen LogP) is 2.73. The van der Waals surface area contributed by atoms with E-state index in [1.165, 1.54) is 0 Å². The molecule has 0 saturated heterocycles. The van der Waals surface area contributed by atoms with Crippen molar-refractivity contribution >= 4 is 36.2 Å². The average molecular weight is 219 g/mol. The maximum atomic E-state index is 12.6. The quantitative estimate of drug-likeness (QED) is 0.529. The number of aryl methyl sites for hydroxylation is 2. The van der Waals surface area contributed by atoms with Crippen molar-refractivity contribution in [3.63, 3.8) is 0 Å². The van der Waals surface area contributed by atoms with Crippen LogP contribution >= 0.6 is 23.2 Å². The van der Waals surface area contributed by atoms with Gasteiger partial charge in [-0.15, -0.1) is 23.2 Å². The van der Waals surface area contributed by atoms with Crippen molar-refractivity contribution in [1.29, 1.82) is 0 Å². The minimum atomic E-state index is -0.649. The molecule has 0 aliphatic carbocycles. The van der Waals surface area contributed by atoms with Crippen LogP contribution in [0.1, 0.15) is 21.5 Å². The van der Waals surface area contributed by atoms with E-state index in [1.54, 1.807) is 0 Å². The molecule has 13 heavy (non-hydrogen) atoms. The van der Waals surface area contributed by atoms with Crippen LogP contribution in [0, 0.1) is 13.8 Å². The summed E-state index contributed by atoms with van der Waals surface area (Å²) in [5, 5.41) is 0. The molecule has 4 heteroatoms. The van der Waals surface area contributed by atoms with E-state index in [1.807, 2.05) is 26.0 Å². The van der Waals surface area contributed by atoms with Crippen molar-refractivity contribution in [3.8, 4) is 0 Å². The van der Waals surface area contributed by atoms with E-state index in [9.17, 15) is 4.32 Å². The molecule has 0 aliphatic heterocycles. The van der Waals surface area contributed by atoms with Crippen molar-refractivity contribution in [2.24, 2.45) is 0 Å². The van der Waals surface area contributed by atoms with Crippen LogP contribution in [0.4, 0.5) is 4.32 Å². The maximum Gasteiger partial charge on any atom is 0.364 e. The van der Waals surface area contributed by atoms with E-state index < -0.39 is 12.4 Å². The molecule has 0 bridgehead atoms. The van der Waals surface area contributed by atoms with Crippen molar-refractivity contribution in [2.45, 2.75) is 18.7 Å². The first-order chi connectivity index (χ1) is 6.06. The van der Waals surface area contributed by atoms with Crippen LogP contribution in [0.2, 0.25) is 0 Å². The highest BCUT2D eigenvalue weighted by molar-refractivity contribution is 6.51. The first-order valence-corrected chi connectivity index (χ1v) is 4.87. The zero-order valence-electron chi connectivity index (χ0n) is 7.57. The van der Waals surface area contributed by atoms with E-state index in [4.69, 9.17) is 23.2 Å². The summed E-state index contributed by atoms with van der Waals surface area (Å²) < 4.78 is 12.6. The van der Waals surface area contributed by atoms with Gasteiger partial charge in [-0.25, -0.2) is 0 Å². The normalized spacial score (nSPS) is 10.6. The van der Waals surface area contributed by atoms with Gasteiger partial charge in [0, 0.05) is 0 Å². The van der Waals surface area contributed by atoms with Crippen LogP contribution in [-0.4, -0.2) is 7.56 Å². The molecule has 0 N–H and O–H groups in total. The molecule has 0 saturated carbocycles. The topological polar surface area (TPSA) is 0 Å². The molecule has 0 aliphatic rings. The lowest BCUT2D eigenvalue weighted by molar-refractivity contribution is 0.883. The van der Waals surface area contributed by atoms with Gasteiger partial charge in [-0.3, -0.25) is 0 Å². The molecule has 0 nitrogen and oxygen atoms in total. The Kier molecular flexibility index (Phi) is 3.63. The Morgan fingerprint density at radius 2 is 1.92 bits per heavy atom. The van der Waals surface area contributed by atoms with Crippen molar-refractivity contribution < 1.29 is 4.32 Å². The number of rotatable bonds is 2. The Hall–Kier alpha value is -0.205. The van der Waals surface area contributed by atoms with Gasteiger partial charge in [0.2, 0.25) is 0 Å². The molecule has 70 valence electrons. The molecule has 0 fully saturated rings. The number of alkyl halides is 2. The minimum Gasteiger partial charge on any atom is -0.335 e. The van der Waals surface area contributed by atoms with Gasteiger partial charge >= 0.3 is 7.56 Å². The van der Waals surface area contributed by atoms with Gasteiger partial charge < -0.3 is 4.32 Å². The Bertz CT molecular complexity index is 313. The lowest BCUT2D eigenvalue weighted by atomic mass is 9.82. The molecule has 0 unspecified atom stereocenters. The van der Waals surface area contributed by atoms with E-state index >= 15 is 0 Å². The fraction of sp³-hybridized carbons (Fsp3) is 0.333. The third-order valence-electron chi connectivity index (χ3n) is 2.02. The first kappa shape index (κ1) is 10.9. The third kappa shape index (κ3) is 2.38. The van der Waals surface area contributed by atoms with Crippen molar-refractivity contribution in [1.82, 2.24) is 0 Å². The first-order valence-electron chi connectivity index (χ1n) is 4.00. The van der Waals surface area contributed by atoms with Crippen molar-refractivity contribution in [2.75, 3.05) is 0 Å². The SMILES string of the molecule is Cc1cc(C)c(BF)c(C(Cl)Cl)c1. The van der Waals surface area contributed by atoms with Gasteiger partial charge in [-0.1, -0.05) is 23.3 Å². The summed E-state index contributed by atoms with van der Waals surface area (Å²) in [6.45, 7) is 3.80. The Labute approximate surface area is 88.3 Å². The smallest absolute Gasteiger partial charge is 0.335 e. The third-order valence-corrected chi connectivity index (χ3v) is 2.49. The van der Waals surface area contributed by atoms with Crippen LogP contribution in [-0.2, 0) is 0 Å². The standard InChI is InChI=1S/C9H10BCl2F/c1-5-3-6(2)8(10-13)7(4-5)9(11)12/h3-4,9-10H,1-2H3. The summed E-state index contributed by atoms with van der Waals surface area (Å²) in [4.78, 5) is -0.649. The predicted molar refractivity (Wildman–Crippen MR) is 58.3 cm³/mol. The second-order valence-electron chi connectivity index (χ2n) is 3.08. The fourth-order valence-corrected chi connectivity index (χ4v) is 1.80. The Balaban J connectivity index is 3.29. The van der Waals surface area contributed by atoms with Gasteiger partial charge in [0.05, 0.1) is 0 Å². The zero-order valence-corrected chi connectivity index (χ0v) is 9.08. The number of benzene rings is 1. The highest BCUT2D eigenvalue weighted by Crippen LogP contribution is 2.24. The van der Waals surface area contributed by atoms with E-state index in [0.29, 0.717) is 11.0 Å². The summed E-state index contributed by atoms with van der Waals surface area (Å²) in [7, 11) is -0.516. The number of halogens is 3. The minimum absolute atomic E-state index is 0.516. The summed E-state index contributed by atoms with van der Waals surface area (Å²) in [6.07, 6.45) is 0. The maximum absolute atomic E-state index is 12.6. The largest absolute Gasteiger partial charge is 0.364 e.